The van der Waals surface area contributed by atoms with E-state index in [4.69, 9.17) is 19.3 Å². The van der Waals surface area contributed by atoms with Gasteiger partial charge >= 0.3 is 11.9 Å². The van der Waals surface area contributed by atoms with Gasteiger partial charge in [0.2, 0.25) is 0 Å². The largest absolute Gasteiger partial charge is 0.477 e. The Hall–Kier alpha value is -1.86. The first-order valence-corrected chi connectivity index (χ1v) is 5.04. The Kier molecular flexibility index (Phi) is 2.17. The number of rotatable bonds is 2. The highest BCUT2D eigenvalue weighted by atomic mass is 16.7. The molecule has 3 heterocycles. The van der Waals surface area contributed by atoms with Crippen molar-refractivity contribution in [1.82, 2.24) is 4.98 Å². The zero-order chi connectivity index (χ0) is 12.0. The Morgan fingerprint density at radius 3 is 3.00 bits per heavy atom. The van der Waals surface area contributed by atoms with Gasteiger partial charge in [-0.25, -0.2) is 4.79 Å². The number of H-pyrrole nitrogens is 1. The van der Waals surface area contributed by atoms with E-state index >= 15 is 0 Å². The van der Waals surface area contributed by atoms with E-state index in [1.807, 2.05) is 0 Å². The topological polar surface area (TPSA) is 97.9 Å². The van der Waals surface area contributed by atoms with E-state index < -0.39 is 24.0 Å². The van der Waals surface area contributed by atoms with Gasteiger partial charge in [0.15, 0.2) is 5.75 Å². The number of aromatic nitrogens is 1. The Labute approximate surface area is 95.3 Å². The summed E-state index contributed by atoms with van der Waals surface area (Å²) >= 11 is 0. The average Bonchev–Trinajstić information content (AvgIpc) is 2.91. The molecule has 0 aromatic carbocycles. The summed E-state index contributed by atoms with van der Waals surface area (Å²) < 4.78 is 15.3. The van der Waals surface area contributed by atoms with Crippen molar-refractivity contribution >= 4 is 11.9 Å². The van der Waals surface area contributed by atoms with E-state index in [1.165, 1.54) is 6.07 Å². The second-order valence-corrected chi connectivity index (χ2v) is 3.86. The van der Waals surface area contributed by atoms with Crippen LogP contribution in [-0.2, 0) is 14.3 Å². The van der Waals surface area contributed by atoms with Crippen LogP contribution in [0, 0.1) is 0 Å². The van der Waals surface area contributed by atoms with Crippen LogP contribution < -0.4 is 4.74 Å². The van der Waals surface area contributed by atoms with Crippen molar-refractivity contribution in [3.05, 3.63) is 17.5 Å². The van der Waals surface area contributed by atoms with E-state index in [0.29, 0.717) is 12.3 Å². The van der Waals surface area contributed by atoms with E-state index in [2.05, 4.69) is 4.98 Å². The number of aromatic amines is 1. The van der Waals surface area contributed by atoms with E-state index in [-0.39, 0.29) is 18.2 Å². The summed E-state index contributed by atoms with van der Waals surface area (Å²) in [6.45, 7) is 0.427. The maximum Gasteiger partial charge on any atom is 0.352 e. The lowest BCUT2D eigenvalue weighted by Gasteiger charge is -2.12. The number of carboxylic acids is 1. The molecule has 0 amide bonds. The molecule has 0 spiro atoms. The number of carboxylic acid groups (broad SMARTS) is 1. The first-order chi connectivity index (χ1) is 8.16. The molecular weight excluding hydrogens is 230 g/mol. The Balaban J connectivity index is 1.96. The predicted molar refractivity (Wildman–Crippen MR) is 51.8 cm³/mol. The van der Waals surface area contributed by atoms with Gasteiger partial charge in [-0.05, 0) is 0 Å². The lowest BCUT2D eigenvalue weighted by atomic mass is 10.0. The van der Waals surface area contributed by atoms with Crippen LogP contribution >= 0.6 is 0 Å². The van der Waals surface area contributed by atoms with E-state index in [1.54, 1.807) is 0 Å². The van der Waals surface area contributed by atoms with Crippen molar-refractivity contribution in [3.63, 3.8) is 0 Å². The molecule has 2 atom stereocenters. The smallest absolute Gasteiger partial charge is 0.352 e. The SMILES string of the molecule is O=C(O)c1cc2c([nH]1)C(C1COCO1)C(=O)O2. The van der Waals surface area contributed by atoms with Crippen molar-refractivity contribution < 1.29 is 28.9 Å². The van der Waals surface area contributed by atoms with Crippen LogP contribution in [0.15, 0.2) is 6.07 Å². The fourth-order valence-electron chi connectivity index (χ4n) is 2.05. The molecule has 2 aliphatic rings. The molecule has 0 radical (unpaired) electrons. The number of hydrogen-bond donors (Lipinski definition) is 2. The van der Waals surface area contributed by atoms with E-state index in [9.17, 15) is 9.59 Å². The van der Waals surface area contributed by atoms with Gasteiger partial charge in [0, 0.05) is 6.07 Å². The Bertz CT molecular complexity index is 487. The minimum absolute atomic E-state index is 0.00795. The summed E-state index contributed by atoms with van der Waals surface area (Å²) in [6, 6.07) is 1.30. The zero-order valence-corrected chi connectivity index (χ0v) is 8.63. The minimum Gasteiger partial charge on any atom is -0.477 e. The molecule has 1 aromatic heterocycles. The third kappa shape index (κ3) is 1.51. The lowest BCUT2D eigenvalue weighted by Crippen LogP contribution is -2.27. The molecule has 1 aromatic rings. The zero-order valence-electron chi connectivity index (χ0n) is 8.63. The lowest BCUT2D eigenvalue weighted by molar-refractivity contribution is -0.136. The van der Waals surface area contributed by atoms with Crippen LogP contribution in [0.4, 0.5) is 0 Å². The molecule has 7 heteroatoms. The number of hydrogen-bond acceptors (Lipinski definition) is 5. The van der Waals surface area contributed by atoms with E-state index in [0.717, 1.165) is 0 Å². The van der Waals surface area contributed by atoms with Gasteiger partial charge in [-0.2, -0.15) is 0 Å². The first kappa shape index (κ1) is 10.3. The summed E-state index contributed by atoms with van der Waals surface area (Å²) in [5, 5.41) is 8.83. The van der Waals surface area contributed by atoms with Crippen LogP contribution in [0.2, 0.25) is 0 Å². The number of carbonyl (C=O) groups excluding carboxylic acids is 1. The molecule has 1 fully saturated rings. The number of carbonyl (C=O) groups is 2. The molecule has 7 nitrogen and oxygen atoms in total. The second kappa shape index (κ2) is 3.57. The number of ether oxygens (including phenoxy) is 3. The molecule has 0 saturated carbocycles. The summed E-state index contributed by atoms with van der Waals surface area (Å²) in [7, 11) is 0. The molecule has 90 valence electrons. The third-order valence-corrected chi connectivity index (χ3v) is 2.84. The monoisotopic (exact) mass is 239 g/mol. The Morgan fingerprint density at radius 1 is 1.53 bits per heavy atom. The number of esters is 1. The predicted octanol–water partition coefficient (Wildman–Crippen LogP) is 0.0884. The van der Waals surface area contributed by atoms with Crippen molar-refractivity contribution in [2.24, 2.45) is 0 Å². The van der Waals surface area contributed by atoms with Gasteiger partial charge in [-0.1, -0.05) is 0 Å². The molecule has 0 aliphatic carbocycles. The number of fused-ring (bicyclic) bond motifs is 1. The fourth-order valence-corrected chi connectivity index (χ4v) is 2.05. The normalized spacial score (nSPS) is 26.9. The van der Waals surface area contributed by atoms with Crippen LogP contribution in [0.25, 0.3) is 0 Å². The number of aromatic carboxylic acids is 1. The van der Waals surface area contributed by atoms with Crippen LogP contribution in [0.3, 0.4) is 0 Å². The van der Waals surface area contributed by atoms with Gasteiger partial charge in [-0.15, -0.1) is 0 Å². The van der Waals surface area contributed by atoms with Gasteiger partial charge in [0.1, 0.15) is 24.5 Å². The van der Waals surface area contributed by atoms with Crippen LogP contribution in [-0.4, -0.2) is 41.5 Å². The summed E-state index contributed by atoms with van der Waals surface area (Å²) in [6.07, 6.45) is -0.427. The third-order valence-electron chi connectivity index (χ3n) is 2.84. The molecule has 0 bridgehead atoms. The molecule has 2 N–H and O–H groups in total. The standard InChI is InChI=1S/C10H9NO6/c12-9(13)4-1-5-8(11-4)7(10(14)17-5)6-2-15-3-16-6/h1,6-7,11H,2-3H2,(H,12,13). The molecular formula is C10H9NO6. The maximum absolute atomic E-state index is 11.6. The summed E-state index contributed by atoms with van der Waals surface area (Å²) in [4.78, 5) is 25.1. The molecule has 2 aliphatic heterocycles. The summed E-state index contributed by atoms with van der Waals surface area (Å²) in [5.74, 6) is -1.93. The minimum atomic E-state index is -1.10. The number of nitrogens with one attached hydrogen (secondary N) is 1. The van der Waals surface area contributed by atoms with Gasteiger partial charge < -0.3 is 24.3 Å². The highest BCUT2D eigenvalue weighted by Crippen LogP contribution is 2.39. The molecule has 1 saturated heterocycles. The molecule has 2 unspecified atom stereocenters. The summed E-state index contributed by atoms with van der Waals surface area (Å²) in [5.41, 5.74) is 0.439. The van der Waals surface area contributed by atoms with Crippen molar-refractivity contribution in [2.45, 2.75) is 12.0 Å². The molecule has 17 heavy (non-hydrogen) atoms. The van der Waals surface area contributed by atoms with Crippen molar-refractivity contribution in [1.29, 1.82) is 0 Å². The van der Waals surface area contributed by atoms with Crippen LogP contribution in [0.1, 0.15) is 22.1 Å². The molecule has 3 rings (SSSR count). The van der Waals surface area contributed by atoms with Gasteiger partial charge in [0.05, 0.1) is 12.3 Å². The van der Waals surface area contributed by atoms with Crippen molar-refractivity contribution in [3.8, 4) is 5.75 Å². The first-order valence-electron chi connectivity index (χ1n) is 5.04. The van der Waals surface area contributed by atoms with Gasteiger partial charge in [0.25, 0.3) is 0 Å². The maximum atomic E-state index is 11.6. The average molecular weight is 239 g/mol. The highest BCUT2D eigenvalue weighted by molar-refractivity contribution is 5.91. The second-order valence-electron chi connectivity index (χ2n) is 3.86. The van der Waals surface area contributed by atoms with Crippen molar-refractivity contribution in [2.75, 3.05) is 13.4 Å². The van der Waals surface area contributed by atoms with Gasteiger partial charge in [-0.3, -0.25) is 4.79 Å². The quantitative estimate of drug-likeness (QED) is 0.709. The highest BCUT2D eigenvalue weighted by Gasteiger charge is 2.43. The Morgan fingerprint density at radius 2 is 2.35 bits per heavy atom. The van der Waals surface area contributed by atoms with Crippen LogP contribution in [0.5, 0.6) is 5.75 Å². The fraction of sp³-hybridized carbons (Fsp3) is 0.400.